The number of nitrogens with zero attached hydrogens (tertiary/aromatic N) is 1. The number of anilines is 1. The van der Waals surface area contributed by atoms with Crippen molar-refractivity contribution in [1.82, 2.24) is 0 Å². The van der Waals surface area contributed by atoms with Gasteiger partial charge in [0.2, 0.25) is 5.90 Å². The van der Waals surface area contributed by atoms with Crippen LogP contribution in [0.2, 0.25) is 5.02 Å². The highest BCUT2D eigenvalue weighted by Crippen LogP contribution is 2.24. The van der Waals surface area contributed by atoms with E-state index in [1.165, 1.54) is 0 Å². The van der Waals surface area contributed by atoms with Gasteiger partial charge in [-0.25, -0.2) is 4.99 Å². The number of hydrogen-bond acceptors (Lipinski definition) is 3. The summed E-state index contributed by atoms with van der Waals surface area (Å²) in [5, 5.41) is 0.657. The molecule has 1 heterocycles. The van der Waals surface area contributed by atoms with E-state index in [1.54, 1.807) is 6.07 Å². The molecular weight excluding hydrogens is 200 g/mol. The summed E-state index contributed by atoms with van der Waals surface area (Å²) in [5.41, 5.74) is 8.35. The van der Waals surface area contributed by atoms with Crippen molar-refractivity contribution in [3.63, 3.8) is 0 Å². The minimum Gasteiger partial charge on any atom is -0.475 e. The van der Waals surface area contributed by atoms with Gasteiger partial charge in [-0.1, -0.05) is 11.6 Å². The fourth-order valence-electron chi connectivity index (χ4n) is 1.43. The fourth-order valence-corrected chi connectivity index (χ4v) is 1.70. The molecule has 0 radical (unpaired) electrons. The predicted molar refractivity (Wildman–Crippen MR) is 58.0 cm³/mol. The molecule has 2 rings (SSSR count). The van der Waals surface area contributed by atoms with Gasteiger partial charge in [0.25, 0.3) is 0 Å². The van der Waals surface area contributed by atoms with Gasteiger partial charge in [-0.3, -0.25) is 0 Å². The molecule has 0 spiro atoms. The molecule has 1 aromatic carbocycles. The Labute approximate surface area is 87.5 Å². The number of rotatable bonds is 1. The Kier molecular flexibility index (Phi) is 2.33. The van der Waals surface area contributed by atoms with Gasteiger partial charge in [0.05, 0.1) is 12.1 Å². The average molecular weight is 211 g/mol. The third-order valence-electron chi connectivity index (χ3n) is 2.17. The van der Waals surface area contributed by atoms with Crippen LogP contribution in [0.4, 0.5) is 5.69 Å². The second kappa shape index (κ2) is 3.50. The van der Waals surface area contributed by atoms with Crippen molar-refractivity contribution >= 4 is 23.2 Å². The third kappa shape index (κ3) is 1.55. The van der Waals surface area contributed by atoms with Gasteiger partial charge in [-0.05, 0) is 24.6 Å². The third-order valence-corrected chi connectivity index (χ3v) is 2.39. The highest BCUT2D eigenvalue weighted by atomic mass is 35.5. The number of benzene rings is 1. The fraction of sp³-hybridized carbons (Fsp3) is 0.300. The highest BCUT2D eigenvalue weighted by Gasteiger charge is 2.15. The van der Waals surface area contributed by atoms with E-state index in [9.17, 15) is 0 Å². The van der Waals surface area contributed by atoms with Gasteiger partial charge >= 0.3 is 0 Å². The molecule has 2 N–H and O–H groups in total. The quantitative estimate of drug-likeness (QED) is 0.721. The van der Waals surface area contributed by atoms with Crippen LogP contribution in [0.15, 0.2) is 17.1 Å². The van der Waals surface area contributed by atoms with Gasteiger partial charge in [0, 0.05) is 10.7 Å². The van der Waals surface area contributed by atoms with E-state index in [-0.39, 0.29) is 0 Å². The standard InChI is InChI=1S/C10H11ClN2O/c1-6-4-7(11)5-8(9(6)12)10-13-2-3-14-10/h4-5H,2-3,12H2,1H3. The first-order valence-corrected chi connectivity index (χ1v) is 4.79. The first-order chi connectivity index (χ1) is 6.68. The maximum Gasteiger partial charge on any atom is 0.218 e. The molecular formula is C10H11ClN2O. The van der Waals surface area contributed by atoms with E-state index in [0.717, 1.165) is 11.1 Å². The van der Waals surface area contributed by atoms with E-state index < -0.39 is 0 Å². The molecule has 0 atom stereocenters. The maximum atomic E-state index is 5.93. The molecule has 0 aliphatic carbocycles. The van der Waals surface area contributed by atoms with Crippen molar-refractivity contribution in [3.05, 3.63) is 28.3 Å². The zero-order chi connectivity index (χ0) is 10.1. The zero-order valence-corrected chi connectivity index (χ0v) is 8.64. The minimum atomic E-state index is 0.605. The summed E-state index contributed by atoms with van der Waals surface area (Å²) in [6, 6.07) is 3.62. The lowest BCUT2D eigenvalue weighted by Crippen LogP contribution is -2.06. The Hall–Kier alpha value is -1.22. The Morgan fingerprint density at radius 1 is 1.50 bits per heavy atom. The molecule has 4 heteroatoms. The molecule has 0 saturated heterocycles. The number of ether oxygens (including phenoxy) is 1. The van der Waals surface area contributed by atoms with Crippen LogP contribution in [0.5, 0.6) is 0 Å². The molecule has 0 aromatic heterocycles. The smallest absolute Gasteiger partial charge is 0.218 e. The molecule has 0 bridgehead atoms. The van der Waals surface area contributed by atoms with Gasteiger partial charge in [-0.2, -0.15) is 0 Å². The van der Waals surface area contributed by atoms with Crippen molar-refractivity contribution in [2.24, 2.45) is 4.99 Å². The summed E-state index contributed by atoms with van der Waals surface area (Å²) in [7, 11) is 0. The normalized spacial score (nSPS) is 15.1. The Bertz CT molecular complexity index is 401. The lowest BCUT2D eigenvalue weighted by Gasteiger charge is -2.08. The molecule has 3 nitrogen and oxygen atoms in total. The number of nitrogens with two attached hydrogens (primary N) is 1. The Morgan fingerprint density at radius 2 is 2.29 bits per heavy atom. The van der Waals surface area contributed by atoms with Crippen molar-refractivity contribution in [3.8, 4) is 0 Å². The van der Waals surface area contributed by atoms with Crippen LogP contribution in [0.3, 0.4) is 0 Å². The maximum absolute atomic E-state index is 5.93. The van der Waals surface area contributed by atoms with Crippen molar-refractivity contribution in [1.29, 1.82) is 0 Å². The molecule has 0 amide bonds. The summed E-state index contributed by atoms with van der Waals surface area (Å²) in [6.45, 7) is 3.24. The van der Waals surface area contributed by atoms with Crippen molar-refractivity contribution in [2.45, 2.75) is 6.92 Å². The van der Waals surface area contributed by atoms with Crippen LogP contribution >= 0.6 is 11.6 Å². The second-order valence-electron chi connectivity index (χ2n) is 3.22. The Morgan fingerprint density at radius 3 is 2.93 bits per heavy atom. The van der Waals surface area contributed by atoms with E-state index in [1.807, 2.05) is 13.0 Å². The number of hydrogen-bond donors (Lipinski definition) is 1. The molecule has 14 heavy (non-hydrogen) atoms. The summed E-state index contributed by atoms with van der Waals surface area (Å²) in [6.07, 6.45) is 0. The van der Waals surface area contributed by atoms with Gasteiger partial charge in [0.1, 0.15) is 6.61 Å². The first-order valence-electron chi connectivity index (χ1n) is 4.41. The predicted octanol–water partition coefficient (Wildman–Crippen LogP) is 2.01. The SMILES string of the molecule is Cc1cc(Cl)cc(C2=NCCO2)c1N. The first kappa shape index (κ1) is 9.34. The molecule has 1 aliphatic heterocycles. The van der Waals surface area contributed by atoms with Gasteiger partial charge in [0.15, 0.2) is 0 Å². The summed E-state index contributed by atoms with van der Waals surface area (Å²) in [5.74, 6) is 0.605. The van der Waals surface area contributed by atoms with E-state index in [4.69, 9.17) is 22.1 Å². The summed E-state index contributed by atoms with van der Waals surface area (Å²) in [4.78, 5) is 4.20. The largest absolute Gasteiger partial charge is 0.475 e. The topological polar surface area (TPSA) is 47.6 Å². The van der Waals surface area contributed by atoms with Crippen LogP contribution in [-0.2, 0) is 4.74 Å². The van der Waals surface area contributed by atoms with Crippen molar-refractivity contribution in [2.75, 3.05) is 18.9 Å². The molecule has 74 valence electrons. The van der Waals surface area contributed by atoms with Crippen LogP contribution in [0, 0.1) is 6.92 Å². The van der Waals surface area contributed by atoms with Crippen LogP contribution in [0.25, 0.3) is 0 Å². The zero-order valence-electron chi connectivity index (χ0n) is 7.88. The van der Waals surface area contributed by atoms with E-state index in [2.05, 4.69) is 4.99 Å². The van der Waals surface area contributed by atoms with E-state index in [0.29, 0.717) is 29.8 Å². The minimum absolute atomic E-state index is 0.605. The monoisotopic (exact) mass is 210 g/mol. The molecule has 0 saturated carbocycles. The average Bonchev–Trinajstić information content (AvgIpc) is 2.63. The Balaban J connectivity index is 2.51. The van der Waals surface area contributed by atoms with Crippen molar-refractivity contribution < 1.29 is 4.74 Å². The van der Waals surface area contributed by atoms with Crippen LogP contribution in [-0.4, -0.2) is 19.0 Å². The highest BCUT2D eigenvalue weighted by molar-refractivity contribution is 6.31. The van der Waals surface area contributed by atoms with E-state index >= 15 is 0 Å². The van der Waals surface area contributed by atoms with Crippen LogP contribution < -0.4 is 5.73 Å². The second-order valence-corrected chi connectivity index (χ2v) is 3.66. The molecule has 1 aromatic rings. The summed E-state index contributed by atoms with van der Waals surface area (Å²) >= 11 is 5.93. The number of aliphatic imine (C=N–C) groups is 1. The number of nitrogen functional groups attached to an aromatic ring is 1. The lowest BCUT2D eigenvalue weighted by molar-refractivity contribution is 0.348. The van der Waals surface area contributed by atoms with Gasteiger partial charge < -0.3 is 10.5 Å². The van der Waals surface area contributed by atoms with Gasteiger partial charge in [-0.15, -0.1) is 0 Å². The number of halogens is 1. The summed E-state index contributed by atoms with van der Waals surface area (Å²) < 4.78 is 5.34. The number of aryl methyl sites for hydroxylation is 1. The molecule has 0 unspecified atom stereocenters. The molecule has 0 fully saturated rings. The molecule has 1 aliphatic rings. The lowest BCUT2D eigenvalue weighted by atomic mass is 10.1. The van der Waals surface area contributed by atoms with Crippen LogP contribution in [0.1, 0.15) is 11.1 Å².